The van der Waals surface area contributed by atoms with Crippen LogP contribution >= 0.6 is 0 Å². The Bertz CT molecular complexity index is 2580. The fourth-order valence-corrected chi connectivity index (χ4v) is 6.23. The van der Waals surface area contributed by atoms with E-state index in [0.717, 1.165) is 66.3 Å². The molecule has 0 aliphatic rings. The average molecular weight is 604 g/mol. The van der Waals surface area contributed by atoms with Crippen molar-refractivity contribution in [2.24, 2.45) is 0 Å². The monoisotopic (exact) mass is 603 g/mol. The molecular weight excluding hydrogens is 578 g/mol. The summed E-state index contributed by atoms with van der Waals surface area (Å²) in [6.45, 7) is 0. The molecule has 3 heterocycles. The van der Waals surface area contributed by atoms with Gasteiger partial charge in [-0.05, 0) is 46.2 Å². The summed E-state index contributed by atoms with van der Waals surface area (Å²) in [6.07, 6.45) is 1.61. The summed E-state index contributed by atoms with van der Waals surface area (Å²) in [7, 11) is 0. The van der Waals surface area contributed by atoms with E-state index in [4.69, 9.17) is 24.4 Å². The van der Waals surface area contributed by atoms with Crippen LogP contribution in [0, 0.1) is 0 Å². The predicted octanol–water partition coefficient (Wildman–Crippen LogP) is 10.0. The first-order chi connectivity index (χ1) is 23.3. The summed E-state index contributed by atoms with van der Waals surface area (Å²) in [5.74, 6) is 1.82. The van der Waals surface area contributed by atoms with Crippen molar-refractivity contribution in [1.82, 2.24) is 24.9 Å². The molecular formula is C41H25N5O. The van der Waals surface area contributed by atoms with Crippen LogP contribution in [-0.4, -0.2) is 24.9 Å². The second kappa shape index (κ2) is 11.1. The van der Waals surface area contributed by atoms with Gasteiger partial charge >= 0.3 is 0 Å². The molecule has 0 N–H and O–H groups in total. The van der Waals surface area contributed by atoms with Gasteiger partial charge < -0.3 is 4.42 Å². The van der Waals surface area contributed by atoms with E-state index in [0.29, 0.717) is 23.1 Å². The summed E-state index contributed by atoms with van der Waals surface area (Å²) in [5, 5.41) is 2.98. The Morgan fingerprint density at radius 3 is 1.77 bits per heavy atom. The molecule has 0 amide bonds. The van der Waals surface area contributed by atoms with E-state index in [-0.39, 0.29) is 0 Å². The second-order valence-corrected chi connectivity index (χ2v) is 11.3. The Morgan fingerprint density at radius 2 is 0.979 bits per heavy atom. The maximum atomic E-state index is 6.31. The summed E-state index contributed by atoms with van der Waals surface area (Å²) in [6, 6.07) is 49.1. The van der Waals surface area contributed by atoms with Crippen LogP contribution in [0.5, 0.6) is 0 Å². The van der Waals surface area contributed by atoms with Gasteiger partial charge in [0.15, 0.2) is 23.1 Å². The predicted molar refractivity (Wildman–Crippen MR) is 187 cm³/mol. The highest BCUT2D eigenvalue weighted by Gasteiger charge is 2.20. The Balaban J connectivity index is 1.24. The molecule has 0 aliphatic heterocycles. The molecule has 0 radical (unpaired) electrons. The minimum atomic E-state index is 0.596. The molecule has 9 rings (SSSR count). The maximum Gasteiger partial charge on any atom is 0.180 e. The number of para-hydroxylation sites is 1. The van der Waals surface area contributed by atoms with Crippen LogP contribution in [-0.2, 0) is 0 Å². The number of fused-ring (bicyclic) bond motifs is 4. The zero-order valence-electron chi connectivity index (χ0n) is 25.1. The Labute approximate surface area is 270 Å². The highest BCUT2D eigenvalue weighted by molar-refractivity contribution is 6.11. The molecule has 6 heteroatoms. The van der Waals surface area contributed by atoms with Gasteiger partial charge in [-0.25, -0.2) is 24.9 Å². The molecule has 0 unspecified atom stereocenters. The topological polar surface area (TPSA) is 77.6 Å². The number of rotatable bonds is 5. The first kappa shape index (κ1) is 26.8. The molecule has 3 aromatic heterocycles. The normalized spacial score (nSPS) is 11.4. The Hall–Kier alpha value is -6.53. The lowest BCUT2D eigenvalue weighted by Gasteiger charge is -2.13. The van der Waals surface area contributed by atoms with E-state index < -0.39 is 0 Å². The van der Waals surface area contributed by atoms with Crippen molar-refractivity contribution in [3.8, 4) is 56.5 Å². The Kier molecular flexibility index (Phi) is 6.35. The average Bonchev–Trinajstić information content (AvgIpc) is 3.54. The van der Waals surface area contributed by atoms with Crippen molar-refractivity contribution in [3.63, 3.8) is 0 Å². The number of hydrogen-bond donors (Lipinski definition) is 0. The van der Waals surface area contributed by atoms with Crippen LogP contribution in [0.15, 0.2) is 156 Å². The van der Waals surface area contributed by atoms with E-state index in [1.54, 1.807) is 6.33 Å². The van der Waals surface area contributed by atoms with Crippen molar-refractivity contribution in [3.05, 3.63) is 152 Å². The van der Waals surface area contributed by atoms with Crippen LogP contribution in [0.3, 0.4) is 0 Å². The van der Waals surface area contributed by atoms with Gasteiger partial charge in [0.25, 0.3) is 0 Å². The maximum absolute atomic E-state index is 6.31. The molecule has 9 aromatic rings. The van der Waals surface area contributed by atoms with Gasteiger partial charge in [-0.15, -0.1) is 0 Å². The third kappa shape index (κ3) is 4.71. The molecule has 0 aliphatic carbocycles. The van der Waals surface area contributed by atoms with Gasteiger partial charge in [-0.2, -0.15) is 0 Å². The van der Waals surface area contributed by atoms with Gasteiger partial charge in [0.1, 0.15) is 23.1 Å². The van der Waals surface area contributed by atoms with E-state index in [1.807, 2.05) is 91.0 Å². The fraction of sp³-hybridized carbons (Fsp3) is 0. The minimum Gasteiger partial charge on any atom is -0.452 e. The van der Waals surface area contributed by atoms with Crippen LogP contribution in [0.25, 0.3) is 89.4 Å². The van der Waals surface area contributed by atoms with E-state index in [9.17, 15) is 0 Å². The SMILES string of the molecule is c1ccc(-c2cccc(-c3nc(-c4ccccc4)nc(-c4ccc(-c5ncnc6c5oc5ccccc56)c5ccccc45)n3)c2)cc1. The van der Waals surface area contributed by atoms with Gasteiger partial charge in [0.2, 0.25) is 0 Å². The van der Waals surface area contributed by atoms with Crippen LogP contribution in [0.4, 0.5) is 0 Å². The van der Waals surface area contributed by atoms with Crippen molar-refractivity contribution in [1.29, 1.82) is 0 Å². The molecule has 47 heavy (non-hydrogen) atoms. The second-order valence-electron chi connectivity index (χ2n) is 11.3. The van der Waals surface area contributed by atoms with Crippen LogP contribution in [0.1, 0.15) is 0 Å². The summed E-state index contributed by atoms with van der Waals surface area (Å²) >= 11 is 0. The zero-order valence-corrected chi connectivity index (χ0v) is 25.1. The van der Waals surface area contributed by atoms with E-state index >= 15 is 0 Å². The molecule has 0 saturated heterocycles. The molecule has 6 aromatic carbocycles. The van der Waals surface area contributed by atoms with E-state index in [1.165, 1.54) is 0 Å². The molecule has 0 atom stereocenters. The van der Waals surface area contributed by atoms with E-state index in [2.05, 4.69) is 59.6 Å². The number of benzene rings is 6. The standard InChI is InChI=1S/C41H25N5O/c1-3-12-26(13-4-1)28-16-11-17-29(24-28)40-44-39(27-14-5-2-6-15-27)45-41(46-40)33-23-22-32(30-18-7-8-19-31(30)33)36-38-37(43-25-42-36)34-20-9-10-21-35(34)47-38/h1-25H. The van der Waals surface area contributed by atoms with Crippen molar-refractivity contribution in [2.75, 3.05) is 0 Å². The first-order valence-corrected chi connectivity index (χ1v) is 15.4. The third-order valence-corrected chi connectivity index (χ3v) is 8.47. The summed E-state index contributed by atoms with van der Waals surface area (Å²) in [4.78, 5) is 24.4. The summed E-state index contributed by atoms with van der Waals surface area (Å²) < 4.78 is 6.31. The first-order valence-electron chi connectivity index (χ1n) is 15.4. The minimum absolute atomic E-state index is 0.596. The lowest BCUT2D eigenvalue weighted by molar-refractivity contribution is 0.667. The van der Waals surface area contributed by atoms with Gasteiger partial charge in [-0.1, -0.05) is 121 Å². The largest absolute Gasteiger partial charge is 0.452 e. The van der Waals surface area contributed by atoms with Gasteiger partial charge in [-0.3, -0.25) is 0 Å². The molecule has 0 saturated carbocycles. The van der Waals surface area contributed by atoms with Gasteiger partial charge in [0.05, 0.1) is 0 Å². The summed E-state index contributed by atoms with van der Waals surface area (Å²) in [5.41, 5.74) is 8.92. The molecule has 0 bridgehead atoms. The van der Waals surface area contributed by atoms with Gasteiger partial charge in [0, 0.05) is 27.6 Å². The highest BCUT2D eigenvalue weighted by atomic mass is 16.3. The molecule has 6 nitrogen and oxygen atoms in total. The quantitative estimate of drug-likeness (QED) is 0.195. The van der Waals surface area contributed by atoms with Crippen molar-refractivity contribution in [2.45, 2.75) is 0 Å². The number of hydrogen-bond acceptors (Lipinski definition) is 6. The van der Waals surface area contributed by atoms with Crippen LogP contribution in [0.2, 0.25) is 0 Å². The smallest absolute Gasteiger partial charge is 0.180 e. The zero-order chi connectivity index (χ0) is 31.2. The molecule has 220 valence electrons. The number of aromatic nitrogens is 5. The molecule has 0 fully saturated rings. The third-order valence-electron chi connectivity index (χ3n) is 8.47. The lowest BCUT2D eigenvalue weighted by Crippen LogP contribution is -2.01. The number of furan rings is 1. The van der Waals surface area contributed by atoms with Crippen LogP contribution < -0.4 is 0 Å². The lowest BCUT2D eigenvalue weighted by atomic mass is 9.96. The van der Waals surface area contributed by atoms with Crippen molar-refractivity contribution >= 4 is 32.8 Å². The fourth-order valence-electron chi connectivity index (χ4n) is 6.23. The number of nitrogens with zero attached hydrogens (tertiary/aromatic N) is 5. The molecule has 0 spiro atoms. The Morgan fingerprint density at radius 1 is 0.404 bits per heavy atom. The highest BCUT2D eigenvalue weighted by Crippen LogP contribution is 2.39. The van der Waals surface area contributed by atoms with Crippen molar-refractivity contribution < 1.29 is 4.42 Å².